The van der Waals surface area contributed by atoms with Gasteiger partial charge in [0.2, 0.25) is 5.95 Å². The van der Waals surface area contributed by atoms with Crippen LogP contribution in [0.3, 0.4) is 0 Å². The fourth-order valence-electron chi connectivity index (χ4n) is 2.65. The van der Waals surface area contributed by atoms with E-state index in [1.54, 1.807) is 7.11 Å². The summed E-state index contributed by atoms with van der Waals surface area (Å²) in [6, 6.07) is 12.1. The lowest BCUT2D eigenvalue weighted by Gasteiger charge is -2.12. The van der Waals surface area contributed by atoms with Crippen LogP contribution in [-0.4, -0.2) is 30.2 Å². The Morgan fingerprint density at radius 1 is 1.16 bits per heavy atom. The molecule has 0 amide bonds. The van der Waals surface area contributed by atoms with Gasteiger partial charge in [0, 0.05) is 23.1 Å². The molecule has 0 atom stereocenters. The smallest absolute Gasteiger partial charge is 0.201 e. The first kappa shape index (κ1) is 18.2. The lowest BCUT2D eigenvalue weighted by atomic mass is 10.2. The number of nitrogens with zero attached hydrogens (tertiary/aromatic N) is 1. The molecular formula is C18H20Br2N4O. The van der Waals surface area contributed by atoms with Crippen LogP contribution in [0.15, 0.2) is 45.3 Å². The van der Waals surface area contributed by atoms with Gasteiger partial charge in [0.15, 0.2) is 0 Å². The Kier molecular flexibility index (Phi) is 6.34. The van der Waals surface area contributed by atoms with Gasteiger partial charge in [-0.1, -0.05) is 28.1 Å². The summed E-state index contributed by atoms with van der Waals surface area (Å²) in [7, 11) is 1.69. The van der Waals surface area contributed by atoms with Crippen LogP contribution < -0.4 is 15.4 Å². The molecule has 3 aromatic rings. The number of hydrogen-bond acceptors (Lipinski definition) is 4. The topological polar surface area (TPSA) is 62.0 Å². The molecule has 25 heavy (non-hydrogen) atoms. The van der Waals surface area contributed by atoms with Crippen molar-refractivity contribution in [1.29, 1.82) is 0 Å². The van der Waals surface area contributed by atoms with Crippen molar-refractivity contribution >= 4 is 48.8 Å². The molecule has 0 aliphatic heterocycles. The number of nitrogens with one attached hydrogen (secondary N) is 3. The molecule has 132 valence electrons. The third kappa shape index (κ3) is 4.74. The lowest BCUT2D eigenvalue weighted by molar-refractivity contribution is 0.405. The number of rotatable bonds is 8. The van der Waals surface area contributed by atoms with Gasteiger partial charge in [-0.15, -0.1) is 0 Å². The summed E-state index contributed by atoms with van der Waals surface area (Å²) in [4.78, 5) is 7.78. The second-order valence-electron chi connectivity index (χ2n) is 5.64. The van der Waals surface area contributed by atoms with E-state index in [-0.39, 0.29) is 0 Å². The molecule has 5 nitrogen and oxygen atoms in total. The van der Waals surface area contributed by atoms with Crippen LogP contribution in [0.1, 0.15) is 12.0 Å². The Hall–Kier alpha value is -1.57. The highest BCUT2D eigenvalue weighted by Gasteiger charge is 2.08. The second kappa shape index (κ2) is 8.69. The number of aromatic nitrogens is 2. The van der Waals surface area contributed by atoms with Crippen molar-refractivity contribution in [2.24, 2.45) is 0 Å². The SMILES string of the molecule is COc1c(Br)cc(Br)cc1CNCCCNc1nc2ccccc2[nH]1. The molecule has 0 radical (unpaired) electrons. The number of halogens is 2. The van der Waals surface area contributed by atoms with Crippen LogP contribution in [0, 0.1) is 0 Å². The van der Waals surface area contributed by atoms with Gasteiger partial charge in [0.05, 0.1) is 22.6 Å². The van der Waals surface area contributed by atoms with E-state index in [2.05, 4.69) is 58.5 Å². The summed E-state index contributed by atoms with van der Waals surface area (Å²) < 4.78 is 7.45. The monoisotopic (exact) mass is 466 g/mol. The van der Waals surface area contributed by atoms with Crippen LogP contribution in [0.5, 0.6) is 5.75 Å². The van der Waals surface area contributed by atoms with Gasteiger partial charge in [-0.25, -0.2) is 4.98 Å². The van der Waals surface area contributed by atoms with Crippen LogP contribution in [0.4, 0.5) is 5.95 Å². The Morgan fingerprint density at radius 2 is 2.00 bits per heavy atom. The molecule has 3 rings (SSSR count). The van der Waals surface area contributed by atoms with Crippen LogP contribution >= 0.6 is 31.9 Å². The first-order valence-electron chi connectivity index (χ1n) is 8.08. The van der Waals surface area contributed by atoms with Gasteiger partial charge in [-0.2, -0.15) is 0 Å². The predicted molar refractivity (Wildman–Crippen MR) is 109 cm³/mol. The molecule has 0 spiro atoms. The third-order valence-electron chi connectivity index (χ3n) is 3.82. The summed E-state index contributed by atoms with van der Waals surface area (Å²) in [6.45, 7) is 2.51. The molecular weight excluding hydrogens is 448 g/mol. The number of H-pyrrole nitrogens is 1. The highest BCUT2D eigenvalue weighted by molar-refractivity contribution is 9.11. The van der Waals surface area contributed by atoms with E-state index in [0.29, 0.717) is 0 Å². The van der Waals surface area contributed by atoms with Crippen molar-refractivity contribution in [3.63, 3.8) is 0 Å². The van der Waals surface area contributed by atoms with E-state index >= 15 is 0 Å². The van der Waals surface area contributed by atoms with Crippen molar-refractivity contribution in [3.8, 4) is 5.75 Å². The highest BCUT2D eigenvalue weighted by Crippen LogP contribution is 2.32. The normalized spacial score (nSPS) is 11.0. The van der Waals surface area contributed by atoms with E-state index in [1.165, 1.54) is 0 Å². The Labute approximate surface area is 163 Å². The standard InChI is InChI=1S/C18H20Br2N4O/c1-25-17-12(9-13(19)10-14(17)20)11-21-7-4-8-22-18-23-15-5-2-3-6-16(15)24-18/h2-3,5-6,9-10,21H,4,7-8,11H2,1H3,(H2,22,23,24). The maximum atomic E-state index is 5.46. The molecule has 0 fully saturated rings. The number of imidazole rings is 1. The molecule has 3 N–H and O–H groups in total. The zero-order valence-electron chi connectivity index (χ0n) is 13.9. The van der Waals surface area contributed by atoms with Gasteiger partial charge in [-0.05, 0) is 53.2 Å². The van der Waals surface area contributed by atoms with Crippen molar-refractivity contribution in [2.75, 3.05) is 25.5 Å². The summed E-state index contributed by atoms with van der Waals surface area (Å²) in [5.41, 5.74) is 3.15. The maximum absolute atomic E-state index is 5.46. The van der Waals surface area contributed by atoms with E-state index < -0.39 is 0 Å². The number of para-hydroxylation sites is 2. The summed E-state index contributed by atoms with van der Waals surface area (Å²) >= 11 is 7.05. The van der Waals surface area contributed by atoms with Crippen LogP contribution in [0.25, 0.3) is 11.0 Å². The number of ether oxygens (including phenoxy) is 1. The molecule has 0 aliphatic rings. The zero-order valence-corrected chi connectivity index (χ0v) is 17.1. The number of aromatic amines is 1. The van der Waals surface area contributed by atoms with Crippen molar-refractivity contribution in [2.45, 2.75) is 13.0 Å². The van der Waals surface area contributed by atoms with Gasteiger partial charge >= 0.3 is 0 Å². The number of anilines is 1. The first-order chi connectivity index (χ1) is 12.2. The van der Waals surface area contributed by atoms with Crippen LogP contribution in [0.2, 0.25) is 0 Å². The zero-order chi connectivity index (χ0) is 17.6. The number of fused-ring (bicyclic) bond motifs is 1. The Bertz CT molecular complexity index is 817. The molecule has 1 heterocycles. The number of hydrogen-bond donors (Lipinski definition) is 3. The maximum Gasteiger partial charge on any atom is 0.201 e. The molecule has 0 saturated heterocycles. The molecule has 0 bridgehead atoms. The third-order valence-corrected chi connectivity index (χ3v) is 4.86. The first-order valence-corrected chi connectivity index (χ1v) is 9.67. The van der Waals surface area contributed by atoms with Gasteiger partial charge < -0.3 is 20.4 Å². The molecule has 0 unspecified atom stereocenters. The number of methoxy groups -OCH3 is 1. The van der Waals surface area contributed by atoms with E-state index in [0.717, 1.165) is 63.3 Å². The van der Waals surface area contributed by atoms with Gasteiger partial charge in [0.1, 0.15) is 5.75 Å². The fourth-order valence-corrected chi connectivity index (χ4v) is 4.13. The molecule has 0 aliphatic carbocycles. The Morgan fingerprint density at radius 3 is 2.80 bits per heavy atom. The minimum Gasteiger partial charge on any atom is -0.495 e. The average Bonchev–Trinajstić information content (AvgIpc) is 3.00. The highest BCUT2D eigenvalue weighted by atomic mass is 79.9. The quantitative estimate of drug-likeness (QED) is 0.420. The molecule has 1 aromatic heterocycles. The minimum atomic E-state index is 0.756. The Balaban J connectivity index is 1.43. The van der Waals surface area contributed by atoms with E-state index in [9.17, 15) is 0 Å². The fraction of sp³-hybridized carbons (Fsp3) is 0.278. The van der Waals surface area contributed by atoms with E-state index in [1.807, 2.05) is 30.3 Å². The van der Waals surface area contributed by atoms with Gasteiger partial charge in [-0.3, -0.25) is 0 Å². The molecule has 2 aromatic carbocycles. The second-order valence-corrected chi connectivity index (χ2v) is 7.41. The summed E-state index contributed by atoms with van der Waals surface area (Å²) in [5, 5.41) is 6.78. The minimum absolute atomic E-state index is 0.756. The van der Waals surface area contributed by atoms with Crippen molar-refractivity contribution < 1.29 is 4.74 Å². The van der Waals surface area contributed by atoms with Crippen LogP contribution in [-0.2, 0) is 6.54 Å². The van der Waals surface area contributed by atoms with E-state index in [4.69, 9.17) is 4.74 Å². The lowest BCUT2D eigenvalue weighted by Crippen LogP contribution is -2.18. The molecule has 0 saturated carbocycles. The molecule has 7 heteroatoms. The predicted octanol–water partition coefficient (Wildman–Crippen LogP) is 4.69. The summed E-state index contributed by atoms with van der Waals surface area (Å²) in [6.07, 6.45) is 0.995. The average molecular weight is 468 g/mol. The van der Waals surface area contributed by atoms with Crippen molar-refractivity contribution in [1.82, 2.24) is 15.3 Å². The van der Waals surface area contributed by atoms with Gasteiger partial charge in [0.25, 0.3) is 0 Å². The largest absolute Gasteiger partial charge is 0.495 e. The number of benzene rings is 2. The van der Waals surface area contributed by atoms with Crippen molar-refractivity contribution in [3.05, 3.63) is 50.9 Å². The summed E-state index contributed by atoms with van der Waals surface area (Å²) in [5.74, 6) is 1.69.